The number of fused-ring (bicyclic) bond motifs is 17. The maximum Gasteiger partial charge on any atom is 0.238 e. The summed E-state index contributed by atoms with van der Waals surface area (Å²) >= 11 is 0. The lowest BCUT2D eigenvalue weighted by Gasteiger charge is -2.12. The van der Waals surface area contributed by atoms with Gasteiger partial charge in [-0.05, 0) is 89.0 Å². The number of allylic oxidation sites excluding steroid dienone is 4. The van der Waals surface area contributed by atoms with Gasteiger partial charge >= 0.3 is 0 Å². The van der Waals surface area contributed by atoms with Crippen LogP contribution in [0.4, 0.5) is 0 Å². The zero-order chi connectivity index (χ0) is 50.5. The van der Waals surface area contributed by atoms with Gasteiger partial charge in [0, 0.05) is 76.3 Å². The highest BCUT2D eigenvalue weighted by Crippen LogP contribution is 2.44. The average Bonchev–Trinajstić information content (AvgIpc) is 4.27. The molecule has 0 aliphatic carbocycles. The largest absolute Gasteiger partial charge is 0.353 e. The number of rotatable bonds is 7. The van der Waals surface area contributed by atoms with Gasteiger partial charge in [-0.15, -0.1) is 0 Å². The molecule has 0 aliphatic rings. The number of para-hydroxylation sites is 4. The van der Waals surface area contributed by atoms with Crippen LogP contribution >= 0.6 is 9.39 Å². The van der Waals surface area contributed by atoms with E-state index >= 15 is 0 Å². The highest BCUT2D eigenvalue weighted by molar-refractivity contribution is 7.15. The second-order valence-corrected chi connectivity index (χ2v) is 19.6. The Balaban J connectivity index is 0.00000255. The summed E-state index contributed by atoms with van der Waals surface area (Å²) in [5.41, 5.74) is 15.2. The van der Waals surface area contributed by atoms with E-state index in [1.165, 1.54) is 54.1 Å². The van der Waals surface area contributed by atoms with Gasteiger partial charge in [-0.1, -0.05) is 166 Å². The fraction of sp³-hybridized carbons (Fsp3) is 0.0758. The molecule has 0 saturated carbocycles. The quantitative estimate of drug-likeness (QED) is 0.128. The van der Waals surface area contributed by atoms with Crippen molar-refractivity contribution in [3.63, 3.8) is 0 Å². The topological polar surface area (TPSA) is 74.2 Å². The molecule has 0 bridgehead atoms. The Bertz CT molecular complexity index is 4870. The molecular weight excluding hydrogens is 936 g/mol. The van der Waals surface area contributed by atoms with Crippen molar-refractivity contribution in [3.8, 4) is 28.7 Å². The summed E-state index contributed by atoms with van der Waals surface area (Å²) in [6.45, 7) is 8.21. The van der Waals surface area contributed by atoms with E-state index < -0.39 is 0 Å². The Kier molecular flexibility index (Phi) is 10.4. The molecule has 0 aliphatic heterocycles. The van der Waals surface area contributed by atoms with Crippen LogP contribution in [0.1, 0.15) is 39.9 Å². The lowest BCUT2D eigenvalue weighted by molar-refractivity contribution is 0.930. The Labute approximate surface area is 434 Å². The van der Waals surface area contributed by atoms with Crippen LogP contribution in [0.5, 0.6) is 0 Å². The molecule has 9 aromatic carbocycles. The van der Waals surface area contributed by atoms with Gasteiger partial charge in [0.2, 0.25) is 5.95 Å². The molecule has 15 rings (SSSR count). The Morgan fingerprint density at radius 2 is 1.00 bits per heavy atom. The lowest BCUT2D eigenvalue weighted by Crippen LogP contribution is -2.07. The van der Waals surface area contributed by atoms with E-state index in [1.807, 2.05) is 32.0 Å². The zero-order valence-electron chi connectivity index (χ0n) is 42.0. The van der Waals surface area contributed by atoms with Gasteiger partial charge in [0.05, 0.1) is 49.7 Å². The SMILES string of the molecule is CC.CC/C=C\C=C(/C)c1nc(-c2ccccc2)nc(-n2c3ccc(-n4c5ccccc5c5ccc6c7ccccc7[nH]c6c54)cc3c3cc(-n4c5ccccc5c5ccc6c7ccccc7n(P)c6c54)ccc32)n1. The van der Waals surface area contributed by atoms with E-state index in [2.05, 4.69) is 234 Å². The summed E-state index contributed by atoms with van der Waals surface area (Å²) in [6, 6.07) is 68.0. The Morgan fingerprint density at radius 1 is 0.480 bits per heavy atom. The standard InChI is InChI=1S/C64H45N8P.C2H6/c1-3-4-6-17-38(2)62-66-63(39-18-7-5-8-19-39)68-64(67-62)71-55-34-28-40(69-53-25-14-10-21-43(53)47-31-30-46-42-20-9-13-24-52(42)65-58(46)59(47)69)36-50(55)51-37-41(29-35-56(51)71)70-54-26-15-11-22-44(54)48-32-33-49-45-23-12-16-27-57(45)72(73)61(49)60(48)70;1-2/h4-37,65H,3,73H2,1-2H3;1-2H3/b6-4-,38-17+;. The number of aromatic amines is 1. The normalized spacial score (nSPS) is 12.4. The van der Waals surface area contributed by atoms with Crippen LogP contribution in [-0.4, -0.2) is 38.0 Å². The molecule has 1 unspecified atom stereocenters. The first-order valence-electron chi connectivity index (χ1n) is 25.9. The smallest absolute Gasteiger partial charge is 0.238 e. The number of aromatic nitrogens is 8. The van der Waals surface area contributed by atoms with Crippen molar-refractivity contribution in [2.75, 3.05) is 0 Å². The van der Waals surface area contributed by atoms with Gasteiger partial charge in [0.15, 0.2) is 11.6 Å². The van der Waals surface area contributed by atoms with Crippen LogP contribution in [-0.2, 0) is 0 Å². The van der Waals surface area contributed by atoms with Crippen LogP contribution in [0.15, 0.2) is 206 Å². The summed E-state index contributed by atoms with van der Waals surface area (Å²) in [5, 5.41) is 11.8. The number of hydrogen-bond donors (Lipinski definition) is 1. The average molecular weight is 987 g/mol. The molecule has 1 N–H and O–H groups in total. The third-order valence-electron chi connectivity index (χ3n) is 15.0. The molecule has 75 heavy (non-hydrogen) atoms. The lowest BCUT2D eigenvalue weighted by atomic mass is 10.1. The van der Waals surface area contributed by atoms with E-state index in [4.69, 9.17) is 15.0 Å². The van der Waals surface area contributed by atoms with Crippen molar-refractivity contribution < 1.29 is 0 Å². The van der Waals surface area contributed by atoms with Crippen LogP contribution in [0.25, 0.3) is 143 Å². The van der Waals surface area contributed by atoms with Crippen LogP contribution in [0, 0.1) is 0 Å². The number of benzene rings is 9. The molecule has 1 atom stereocenters. The van der Waals surface area contributed by atoms with E-state index in [0.717, 1.165) is 83.8 Å². The van der Waals surface area contributed by atoms with E-state index in [9.17, 15) is 0 Å². The molecule has 6 heterocycles. The first kappa shape index (κ1) is 44.6. The monoisotopic (exact) mass is 986 g/mol. The minimum Gasteiger partial charge on any atom is -0.353 e. The second kappa shape index (κ2) is 17.5. The third-order valence-corrected chi connectivity index (χ3v) is 15.5. The predicted octanol–water partition coefficient (Wildman–Crippen LogP) is 17.6. The predicted molar refractivity (Wildman–Crippen MR) is 320 cm³/mol. The van der Waals surface area contributed by atoms with Crippen molar-refractivity contribution in [3.05, 3.63) is 212 Å². The molecule has 0 saturated heterocycles. The van der Waals surface area contributed by atoms with E-state index in [0.29, 0.717) is 17.6 Å². The van der Waals surface area contributed by atoms with E-state index in [1.54, 1.807) is 0 Å². The number of nitrogens with one attached hydrogen (secondary N) is 1. The van der Waals surface area contributed by atoms with Crippen molar-refractivity contribution >= 4 is 124 Å². The first-order valence-corrected chi connectivity index (χ1v) is 26.4. The molecule has 9 heteroatoms. The van der Waals surface area contributed by atoms with Gasteiger partial charge < -0.3 is 18.5 Å². The Morgan fingerprint density at radius 3 is 1.65 bits per heavy atom. The molecule has 8 nitrogen and oxygen atoms in total. The maximum absolute atomic E-state index is 5.33. The maximum atomic E-state index is 5.33. The fourth-order valence-corrected chi connectivity index (χ4v) is 12.2. The van der Waals surface area contributed by atoms with Gasteiger partial charge in [0.1, 0.15) is 0 Å². The Hall–Kier alpha value is -9.10. The van der Waals surface area contributed by atoms with E-state index in [-0.39, 0.29) is 0 Å². The van der Waals surface area contributed by atoms with Crippen molar-refractivity contribution in [1.82, 2.24) is 38.0 Å². The summed E-state index contributed by atoms with van der Waals surface area (Å²) in [7, 11) is 3.02. The summed E-state index contributed by atoms with van der Waals surface area (Å²) in [5.74, 6) is 1.80. The first-order chi connectivity index (χ1) is 37.0. The molecule has 0 amide bonds. The van der Waals surface area contributed by atoms with Gasteiger partial charge in [-0.3, -0.25) is 4.57 Å². The third kappa shape index (κ3) is 6.69. The number of nitrogens with zero attached hydrogens (tertiary/aromatic N) is 7. The molecule has 0 fully saturated rings. The molecule has 15 aromatic rings. The minimum atomic E-state index is 0.555. The number of H-pyrrole nitrogens is 1. The summed E-state index contributed by atoms with van der Waals surface area (Å²) in [6.07, 6.45) is 7.26. The second-order valence-electron chi connectivity index (χ2n) is 19.1. The molecule has 360 valence electrons. The fourth-order valence-electron chi connectivity index (χ4n) is 11.7. The van der Waals surface area contributed by atoms with Gasteiger partial charge in [-0.25, -0.2) is 4.98 Å². The molecule has 0 spiro atoms. The van der Waals surface area contributed by atoms with Crippen molar-refractivity contribution in [2.45, 2.75) is 34.1 Å². The molecular formula is C66H51N8P. The molecule has 6 aromatic heterocycles. The minimum absolute atomic E-state index is 0.555. The van der Waals surface area contributed by atoms with Crippen molar-refractivity contribution in [2.24, 2.45) is 0 Å². The zero-order valence-corrected chi connectivity index (χ0v) is 43.2. The van der Waals surface area contributed by atoms with Gasteiger partial charge in [-0.2, -0.15) is 9.97 Å². The summed E-state index contributed by atoms with van der Waals surface area (Å²) in [4.78, 5) is 19.6. The highest BCUT2D eigenvalue weighted by Gasteiger charge is 2.24. The number of hydrogen-bond acceptors (Lipinski definition) is 3. The van der Waals surface area contributed by atoms with Gasteiger partial charge in [0.25, 0.3) is 0 Å². The summed E-state index contributed by atoms with van der Waals surface area (Å²) < 4.78 is 9.43. The molecule has 0 radical (unpaired) electrons. The van der Waals surface area contributed by atoms with Crippen LogP contribution < -0.4 is 0 Å². The van der Waals surface area contributed by atoms with Crippen LogP contribution in [0.2, 0.25) is 0 Å². The van der Waals surface area contributed by atoms with Crippen molar-refractivity contribution in [1.29, 1.82) is 0 Å². The van der Waals surface area contributed by atoms with Crippen LogP contribution in [0.3, 0.4) is 0 Å². The highest BCUT2D eigenvalue weighted by atomic mass is 31.0.